The van der Waals surface area contributed by atoms with E-state index in [1.54, 1.807) is 6.07 Å². The molecule has 1 saturated carbocycles. The van der Waals surface area contributed by atoms with Gasteiger partial charge in [0.05, 0.1) is 17.3 Å². The first-order valence-electron chi connectivity index (χ1n) is 6.83. The highest BCUT2D eigenvalue weighted by Crippen LogP contribution is 2.35. The summed E-state index contributed by atoms with van der Waals surface area (Å²) in [6.07, 6.45) is 3.09. The van der Waals surface area contributed by atoms with Crippen molar-refractivity contribution in [1.82, 2.24) is 14.8 Å². The van der Waals surface area contributed by atoms with Crippen LogP contribution in [0.3, 0.4) is 0 Å². The fraction of sp³-hybridized carbons (Fsp3) is 0.429. The van der Waals surface area contributed by atoms with Crippen molar-refractivity contribution in [2.24, 2.45) is 0 Å². The van der Waals surface area contributed by atoms with Crippen LogP contribution in [-0.4, -0.2) is 14.8 Å². The molecule has 0 aliphatic heterocycles. The van der Waals surface area contributed by atoms with E-state index in [9.17, 15) is 13.2 Å². The van der Waals surface area contributed by atoms with Crippen molar-refractivity contribution in [3.8, 4) is 11.3 Å². The van der Waals surface area contributed by atoms with Gasteiger partial charge >= 0.3 is 6.18 Å². The Bertz CT molecular complexity index is 642. The molecule has 1 aliphatic rings. The smallest absolute Gasteiger partial charge is 0.383 e. The van der Waals surface area contributed by atoms with Gasteiger partial charge in [-0.15, -0.1) is 0 Å². The molecule has 2 heterocycles. The predicted octanol–water partition coefficient (Wildman–Crippen LogP) is 3.66. The molecule has 1 fully saturated rings. The van der Waals surface area contributed by atoms with Crippen LogP contribution in [0.4, 0.5) is 19.0 Å². The number of hydrogen-bond donors (Lipinski definition) is 1. The topological polar surface area (TPSA) is 56.7 Å². The third-order valence-electron chi connectivity index (χ3n) is 3.83. The first-order chi connectivity index (χ1) is 9.95. The van der Waals surface area contributed by atoms with Crippen LogP contribution in [0.25, 0.3) is 11.3 Å². The Hall–Kier alpha value is -2.05. The number of nitrogens with two attached hydrogens (primary N) is 1. The number of pyridine rings is 1. The zero-order valence-corrected chi connectivity index (χ0v) is 11.3. The van der Waals surface area contributed by atoms with Gasteiger partial charge in [0.15, 0.2) is 0 Å². The molecule has 2 N–H and O–H groups in total. The minimum Gasteiger partial charge on any atom is -0.383 e. The van der Waals surface area contributed by atoms with E-state index in [2.05, 4.69) is 10.1 Å². The van der Waals surface area contributed by atoms with Gasteiger partial charge in [0.2, 0.25) is 0 Å². The molecule has 1 aliphatic carbocycles. The van der Waals surface area contributed by atoms with Crippen molar-refractivity contribution in [1.29, 1.82) is 0 Å². The van der Waals surface area contributed by atoms with Crippen molar-refractivity contribution in [2.45, 2.75) is 37.9 Å². The number of nitrogens with zero attached hydrogens (tertiary/aromatic N) is 3. The summed E-state index contributed by atoms with van der Waals surface area (Å²) < 4.78 is 40.4. The maximum Gasteiger partial charge on any atom is 0.419 e. The normalized spacial score (nSPS) is 16.5. The predicted molar refractivity (Wildman–Crippen MR) is 72.4 cm³/mol. The number of hydrogen-bond acceptors (Lipinski definition) is 3. The third-order valence-corrected chi connectivity index (χ3v) is 3.83. The third kappa shape index (κ3) is 2.72. The van der Waals surface area contributed by atoms with E-state index in [0.29, 0.717) is 17.3 Å². The summed E-state index contributed by atoms with van der Waals surface area (Å²) in [4.78, 5) is 3.64. The Labute approximate surface area is 119 Å². The summed E-state index contributed by atoms with van der Waals surface area (Å²) in [7, 11) is 0. The Morgan fingerprint density at radius 1 is 1.24 bits per heavy atom. The Balaban J connectivity index is 1.93. The molecule has 0 radical (unpaired) electrons. The van der Waals surface area contributed by atoms with Gasteiger partial charge in [0, 0.05) is 18.0 Å². The molecule has 0 amide bonds. The molecule has 0 spiro atoms. The molecule has 0 aromatic carbocycles. The van der Waals surface area contributed by atoms with Crippen molar-refractivity contribution in [3.63, 3.8) is 0 Å². The fourth-order valence-corrected chi connectivity index (χ4v) is 2.71. The quantitative estimate of drug-likeness (QED) is 0.920. The summed E-state index contributed by atoms with van der Waals surface area (Å²) in [6, 6.07) is 3.07. The molecular formula is C14H15F3N4. The maximum absolute atomic E-state index is 12.8. The molecule has 112 valence electrons. The number of alkyl halides is 3. The van der Waals surface area contributed by atoms with E-state index in [1.165, 1.54) is 19.0 Å². The lowest BCUT2D eigenvalue weighted by molar-refractivity contribution is -0.137. The molecule has 0 saturated heterocycles. The second-order valence-electron chi connectivity index (χ2n) is 5.27. The van der Waals surface area contributed by atoms with E-state index in [-0.39, 0.29) is 0 Å². The van der Waals surface area contributed by atoms with Crippen LogP contribution in [0.2, 0.25) is 0 Å². The molecule has 0 atom stereocenters. The van der Waals surface area contributed by atoms with Crippen LogP contribution in [0, 0.1) is 0 Å². The fourth-order valence-electron chi connectivity index (χ4n) is 2.71. The Morgan fingerprint density at radius 3 is 2.62 bits per heavy atom. The van der Waals surface area contributed by atoms with Gasteiger partial charge in [0.1, 0.15) is 5.82 Å². The van der Waals surface area contributed by atoms with Gasteiger partial charge in [-0.05, 0) is 25.0 Å². The van der Waals surface area contributed by atoms with E-state index < -0.39 is 17.6 Å². The van der Waals surface area contributed by atoms with Gasteiger partial charge < -0.3 is 5.73 Å². The van der Waals surface area contributed by atoms with Crippen LogP contribution < -0.4 is 5.73 Å². The second-order valence-corrected chi connectivity index (χ2v) is 5.27. The zero-order chi connectivity index (χ0) is 15.0. The maximum atomic E-state index is 12.8. The first kappa shape index (κ1) is 13.9. The molecule has 0 bridgehead atoms. The highest BCUT2D eigenvalue weighted by Gasteiger charge is 2.34. The van der Waals surface area contributed by atoms with Gasteiger partial charge in [0.25, 0.3) is 0 Å². The van der Waals surface area contributed by atoms with Crippen molar-refractivity contribution in [3.05, 3.63) is 30.1 Å². The summed E-state index contributed by atoms with van der Waals surface area (Å²) in [6.45, 7) is 0. The van der Waals surface area contributed by atoms with Gasteiger partial charge in [-0.25, -0.2) is 4.98 Å². The first-order valence-corrected chi connectivity index (χ1v) is 6.83. The lowest BCUT2D eigenvalue weighted by Gasteiger charge is -2.11. The standard InChI is InChI=1S/C14H15F3N4/c15-14(16,17)11-7-9(8-19-13(11)18)12-5-6-21(20-12)10-3-1-2-4-10/h5-8,10H,1-4H2,(H2,18,19). The molecular weight excluding hydrogens is 281 g/mol. The Kier molecular flexibility index (Phi) is 3.35. The number of aromatic nitrogens is 3. The molecule has 2 aromatic rings. The largest absolute Gasteiger partial charge is 0.419 e. The Morgan fingerprint density at radius 2 is 1.95 bits per heavy atom. The van der Waals surface area contributed by atoms with Crippen molar-refractivity contribution in [2.75, 3.05) is 5.73 Å². The van der Waals surface area contributed by atoms with Gasteiger partial charge in [-0.3, -0.25) is 4.68 Å². The summed E-state index contributed by atoms with van der Waals surface area (Å²) in [5, 5.41) is 4.38. The number of halogens is 3. The number of rotatable bonds is 2. The van der Waals surface area contributed by atoms with E-state index in [0.717, 1.165) is 18.9 Å². The average molecular weight is 296 g/mol. The lowest BCUT2D eigenvalue weighted by atomic mass is 10.1. The van der Waals surface area contributed by atoms with E-state index >= 15 is 0 Å². The summed E-state index contributed by atoms with van der Waals surface area (Å²) >= 11 is 0. The molecule has 7 heteroatoms. The van der Waals surface area contributed by atoms with E-state index in [4.69, 9.17) is 5.73 Å². The number of nitrogen functional groups attached to an aromatic ring is 1. The molecule has 3 rings (SSSR count). The SMILES string of the molecule is Nc1ncc(-c2ccn(C3CCCC3)n2)cc1C(F)(F)F. The molecule has 2 aromatic heterocycles. The van der Waals surface area contributed by atoms with E-state index in [1.807, 2.05) is 10.9 Å². The summed E-state index contributed by atoms with van der Waals surface area (Å²) in [5.41, 5.74) is 5.19. The summed E-state index contributed by atoms with van der Waals surface area (Å²) in [5.74, 6) is -0.513. The molecule has 21 heavy (non-hydrogen) atoms. The van der Waals surface area contributed by atoms with Crippen LogP contribution in [0.5, 0.6) is 0 Å². The van der Waals surface area contributed by atoms with Crippen molar-refractivity contribution < 1.29 is 13.2 Å². The highest BCUT2D eigenvalue weighted by molar-refractivity contribution is 5.61. The molecule has 4 nitrogen and oxygen atoms in total. The molecule has 0 unspecified atom stereocenters. The minimum absolute atomic E-state index is 0.327. The van der Waals surface area contributed by atoms with Crippen LogP contribution in [0.15, 0.2) is 24.5 Å². The second kappa shape index (κ2) is 5.05. The minimum atomic E-state index is -4.51. The monoisotopic (exact) mass is 296 g/mol. The van der Waals surface area contributed by atoms with Crippen LogP contribution in [-0.2, 0) is 6.18 Å². The lowest BCUT2D eigenvalue weighted by Crippen LogP contribution is -2.10. The average Bonchev–Trinajstić information content (AvgIpc) is 3.09. The highest BCUT2D eigenvalue weighted by atomic mass is 19.4. The van der Waals surface area contributed by atoms with Gasteiger partial charge in [-0.1, -0.05) is 12.8 Å². The zero-order valence-electron chi connectivity index (χ0n) is 11.3. The van der Waals surface area contributed by atoms with Crippen molar-refractivity contribution >= 4 is 5.82 Å². The van der Waals surface area contributed by atoms with Crippen LogP contribution >= 0.6 is 0 Å². The van der Waals surface area contributed by atoms with Gasteiger partial charge in [-0.2, -0.15) is 18.3 Å². The number of anilines is 1. The van der Waals surface area contributed by atoms with Crippen LogP contribution in [0.1, 0.15) is 37.3 Å².